The molecule has 20 heavy (non-hydrogen) atoms. The van der Waals surface area contributed by atoms with Gasteiger partial charge in [-0.1, -0.05) is 23.7 Å². The van der Waals surface area contributed by atoms with E-state index in [4.69, 9.17) is 16.7 Å². The van der Waals surface area contributed by atoms with Crippen molar-refractivity contribution in [1.29, 1.82) is 0 Å². The summed E-state index contributed by atoms with van der Waals surface area (Å²) < 4.78 is 0. The van der Waals surface area contributed by atoms with Crippen LogP contribution < -0.4 is 0 Å². The van der Waals surface area contributed by atoms with Gasteiger partial charge in [-0.25, -0.2) is 0 Å². The molecule has 0 aromatic heterocycles. The zero-order chi connectivity index (χ0) is 14.8. The van der Waals surface area contributed by atoms with Crippen LogP contribution in [0.25, 0.3) is 0 Å². The third kappa shape index (κ3) is 3.12. The van der Waals surface area contributed by atoms with Crippen LogP contribution in [-0.4, -0.2) is 35.5 Å². The highest BCUT2D eigenvalue weighted by molar-refractivity contribution is 6.30. The van der Waals surface area contributed by atoms with Crippen LogP contribution in [-0.2, 0) is 15.0 Å². The Morgan fingerprint density at radius 2 is 1.90 bits per heavy atom. The number of hydrogen-bond donors (Lipinski definition) is 1. The molecule has 108 valence electrons. The van der Waals surface area contributed by atoms with E-state index < -0.39 is 11.4 Å². The second-order valence-corrected chi connectivity index (χ2v) is 5.75. The van der Waals surface area contributed by atoms with Crippen LogP contribution in [0.1, 0.15) is 31.2 Å². The van der Waals surface area contributed by atoms with Gasteiger partial charge in [0.25, 0.3) is 0 Å². The molecule has 2 rings (SSSR count). The lowest BCUT2D eigenvalue weighted by atomic mass is 9.94. The molecule has 1 amide bonds. The maximum atomic E-state index is 12.5. The molecule has 1 aromatic rings. The minimum Gasteiger partial charge on any atom is -0.481 e. The standard InChI is InChI=1S/C15H18ClNO3/c1-17(10-2-3-13(18)19)14(20)15(8-9-15)11-4-6-12(16)7-5-11/h4-7H,2-3,8-10H2,1H3,(H,18,19). The smallest absolute Gasteiger partial charge is 0.303 e. The number of carbonyl (C=O) groups excluding carboxylic acids is 1. The fourth-order valence-electron chi connectivity index (χ4n) is 2.45. The molecule has 1 fully saturated rings. The number of carboxylic acid groups (broad SMARTS) is 1. The van der Waals surface area contributed by atoms with Gasteiger partial charge >= 0.3 is 5.97 Å². The van der Waals surface area contributed by atoms with E-state index in [-0.39, 0.29) is 12.3 Å². The van der Waals surface area contributed by atoms with Crippen LogP contribution in [0, 0.1) is 0 Å². The number of halogens is 1. The van der Waals surface area contributed by atoms with Crippen LogP contribution >= 0.6 is 11.6 Å². The average Bonchev–Trinajstić information content (AvgIpc) is 3.19. The van der Waals surface area contributed by atoms with Gasteiger partial charge < -0.3 is 10.0 Å². The number of carboxylic acids is 1. The summed E-state index contributed by atoms with van der Waals surface area (Å²) in [5, 5.41) is 9.28. The van der Waals surface area contributed by atoms with Crippen molar-refractivity contribution in [3.63, 3.8) is 0 Å². The van der Waals surface area contributed by atoms with E-state index in [2.05, 4.69) is 0 Å². The lowest BCUT2D eigenvalue weighted by molar-refractivity contribution is -0.138. The molecular weight excluding hydrogens is 278 g/mol. The lowest BCUT2D eigenvalue weighted by Crippen LogP contribution is -2.37. The molecule has 0 atom stereocenters. The second kappa shape index (κ2) is 5.83. The van der Waals surface area contributed by atoms with Gasteiger partial charge in [-0.3, -0.25) is 9.59 Å². The molecule has 0 bridgehead atoms. The van der Waals surface area contributed by atoms with E-state index >= 15 is 0 Å². The van der Waals surface area contributed by atoms with Gasteiger partial charge in [-0.2, -0.15) is 0 Å². The largest absolute Gasteiger partial charge is 0.481 e. The molecular formula is C15H18ClNO3. The minimum absolute atomic E-state index is 0.0743. The molecule has 5 heteroatoms. The van der Waals surface area contributed by atoms with Gasteiger partial charge in [0.15, 0.2) is 0 Å². The maximum absolute atomic E-state index is 12.5. The number of likely N-dealkylation sites (N-methyl/N-ethyl adjacent to an activating group) is 1. The predicted molar refractivity (Wildman–Crippen MR) is 76.9 cm³/mol. The first kappa shape index (κ1) is 14.9. The number of benzene rings is 1. The molecule has 0 aliphatic heterocycles. The molecule has 1 aliphatic rings. The topological polar surface area (TPSA) is 57.6 Å². The van der Waals surface area contributed by atoms with Crippen molar-refractivity contribution in [2.24, 2.45) is 0 Å². The Labute approximate surface area is 123 Å². The first-order valence-electron chi connectivity index (χ1n) is 6.69. The number of rotatable bonds is 6. The SMILES string of the molecule is CN(CCCC(=O)O)C(=O)C1(c2ccc(Cl)cc2)CC1. The van der Waals surface area contributed by atoms with Crippen molar-refractivity contribution < 1.29 is 14.7 Å². The van der Waals surface area contributed by atoms with Crippen LogP contribution in [0.2, 0.25) is 5.02 Å². The molecule has 0 saturated heterocycles. The van der Waals surface area contributed by atoms with Crippen molar-refractivity contribution in [3.05, 3.63) is 34.9 Å². The third-order valence-corrected chi connectivity index (χ3v) is 4.04. The molecule has 1 aromatic carbocycles. The van der Waals surface area contributed by atoms with Gasteiger partial charge in [0.05, 0.1) is 5.41 Å². The Balaban J connectivity index is 2.00. The Morgan fingerprint density at radius 1 is 1.30 bits per heavy atom. The van der Waals surface area contributed by atoms with E-state index in [1.165, 1.54) is 0 Å². The minimum atomic E-state index is -0.829. The molecule has 0 spiro atoms. The van der Waals surface area contributed by atoms with E-state index in [1.54, 1.807) is 24.1 Å². The summed E-state index contributed by atoms with van der Waals surface area (Å²) >= 11 is 5.87. The molecule has 0 unspecified atom stereocenters. The van der Waals surface area contributed by atoms with Crippen LogP contribution in [0.15, 0.2) is 24.3 Å². The summed E-state index contributed by atoms with van der Waals surface area (Å²) in [6.45, 7) is 0.473. The van der Waals surface area contributed by atoms with Crippen molar-refractivity contribution in [3.8, 4) is 0 Å². The molecule has 4 nitrogen and oxygen atoms in total. The van der Waals surface area contributed by atoms with Crippen LogP contribution in [0.4, 0.5) is 0 Å². The van der Waals surface area contributed by atoms with Gasteiger partial charge in [-0.05, 0) is 37.0 Å². The van der Waals surface area contributed by atoms with Crippen LogP contribution in [0.5, 0.6) is 0 Å². The Morgan fingerprint density at radius 3 is 2.40 bits per heavy atom. The van der Waals surface area contributed by atoms with Crippen molar-refractivity contribution >= 4 is 23.5 Å². The average molecular weight is 296 g/mol. The van der Waals surface area contributed by atoms with E-state index in [9.17, 15) is 9.59 Å². The summed E-state index contributed by atoms with van der Waals surface area (Å²) in [5.74, 6) is -0.755. The van der Waals surface area contributed by atoms with Crippen molar-refractivity contribution in [2.75, 3.05) is 13.6 Å². The highest BCUT2D eigenvalue weighted by atomic mass is 35.5. The molecule has 0 radical (unpaired) electrons. The molecule has 1 saturated carbocycles. The number of amides is 1. The van der Waals surface area contributed by atoms with Gasteiger partial charge in [0.2, 0.25) is 5.91 Å². The summed E-state index contributed by atoms with van der Waals surface area (Å²) in [6, 6.07) is 7.40. The normalized spacial score (nSPS) is 15.7. The van der Waals surface area contributed by atoms with E-state index in [0.29, 0.717) is 18.0 Å². The first-order chi connectivity index (χ1) is 9.45. The highest BCUT2D eigenvalue weighted by Gasteiger charge is 2.52. The van der Waals surface area contributed by atoms with E-state index in [1.807, 2.05) is 12.1 Å². The first-order valence-corrected chi connectivity index (χ1v) is 7.07. The number of hydrogen-bond acceptors (Lipinski definition) is 2. The summed E-state index contributed by atoms with van der Waals surface area (Å²) in [6.07, 6.45) is 2.26. The Bertz CT molecular complexity index is 508. The molecule has 1 aliphatic carbocycles. The summed E-state index contributed by atoms with van der Waals surface area (Å²) in [5.41, 5.74) is 0.583. The monoisotopic (exact) mass is 295 g/mol. The maximum Gasteiger partial charge on any atom is 0.303 e. The van der Waals surface area contributed by atoms with Crippen molar-refractivity contribution in [1.82, 2.24) is 4.90 Å². The van der Waals surface area contributed by atoms with Gasteiger partial charge in [-0.15, -0.1) is 0 Å². The summed E-state index contributed by atoms with van der Waals surface area (Å²) in [4.78, 5) is 24.7. The molecule has 1 N–H and O–H groups in total. The zero-order valence-corrected chi connectivity index (χ0v) is 12.2. The van der Waals surface area contributed by atoms with E-state index in [0.717, 1.165) is 18.4 Å². The Kier molecular flexibility index (Phi) is 4.33. The third-order valence-electron chi connectivity index (χ3n) is 3.79. The fraction of sp³-hybridized carbons (Fsp3) is 0.467. The fourth-order valence-corrected chi connectivity index (χ4v) is 2.58. The van der Waals surface area contributed by atoms with Crippen LogP contribution in [0.3, 0.4) is 0 Å². The molecule has 0 heterocycles. The lowest BCUT2D eigenvalue weighted by Gasteiger charge is -2.23. The second-order valence-electron chi connectivity index (χ2n) is 5.31. The summed E-state index contributed by atoms with van der Waals surface area (Å²) in [7, 11) is 1.74. The van der Waals surface area contributed by atoms with Gasteiger partial charge in [0, 0.05) is 25.0 Å². The highest BCUT2D eigenvalue weighted by Crippen LogP contribution is 2.49. The number of nitrogens with zero attached hydrogens (tertiary/aromatic N) is 1. The van der Waals surface area contributed by atoms with Crippen molar-refractivity contribution in [2.45, 2.75) is 31.1 Å². The zero-order valence-electron chi connectivity index (χ0n) is 11.4. The number of aliphatic carboxylic acids is 1. The Hall–Kier alpha value is -1.55. The van der Waals surface area contributed by atoms with Gasteiger partial charge in [0.1, 0.15) is 0 Å². The quantitative estimate of drug-likeness (QED) is 0.878. The number of carbonyl (C=O) groups is 2. The predicted octanol–water partition coefficient (Wildman–Crippen LogP) is 2.69.